The largest absolute Gasteiger partial charge is 0.361 e. The van der Waals surface area contributed by atoms with Crippen molar-refractivity contribution in [2.45, 2.75) is 25.2 Å². The van der Waals surface area contributed by atoms with Crippen LogP contribution in [-0.2, 0) is 11.2 Å². The predicted molar refractivity (Wildman–Crippen MR) is 109 cm³/mol. The molecule has 27 heavy (non-hydrogen) atoms. The number of aromatic amines is 2. The van der Waals surface area contributed by atoms with Gasteiger partial charge in [-0.25, -0.2) is 0 Å². The molecule has 1 saturated heterocycles. The standard InChI is InChI=1S/C23H23N3O/c27-23(14-18-15-24-21-8-4-2-6-19(18)21)26-11-9-16(10-12-26)22-13-17-5-1-3-7-20(17)25-22/h1-8,13,15-16,24-25H,9-12,14H2. The van der Waals surface area contributed by atoms with E-state index >= 15 is 0 Å². The average Bonchev–Trinajstić information content (AvgIpc) is 3.32. The molecule has 0 atom stereocenters. The summed E-state index contributed by atoms with van der Waals surface area (Å²) in [6.07, 6.45) is 4.49. The summed E-state index contributed by atoms with van der Waals surface area (Å²) in [6.45, 7) is 1.67. The molecule has 1 amide bonds. The van der Waals surface area contributed by atoms with Gasteiger partial charge < -0.3 is 14.9 Å². The number of benzene rings is 2. The van der Waals surface area contributed by atoms with E-state index in [0.29, 0.717) is 12.3 Å². The van der Waals surface area contributed by atoms with Crippen LogP contribution in [0.3, 0.4) is 0 Å². The average molecular weight is 357 g/mol. The lowest BCUT2D eigenvalue weighted by molar-refractivity contribution is -0.131. The number of likely N-dealkylation sites (tertiary alicyclic amines) is 1. The third-order valence-corrected chi connectivity index (χ3v) is 5.85. The van der Waals surface area contributed by atoms with Crippen molar-refractivity contribution in [1.29, 1.82) is 0 Å². The van der Waals surface area contributed by atoms with E-state index in [1.54, 1.807) is 0 Å². The number of piperidine rings is 1. The first-order valence-corrected chi connectivity index (χ1v) is 9.68. The Hall–Kier alpha value is -3.01. The number of nitrogens with one attached hydrogen (secondary N) is 2. The SMILES string of the molecule is O=C(Cc1c[nH]c2ccccc12)N1CCC(c2cc3ccccc3[nH]2)CC1. The van der Waals surface area contributed by atoms with Crippen LogP contribution in [0.5, 0.6) is 0 Å². The van der Waals surface area contributed by atoms with Crippen LogP contribution in [0.1, 0.15) is 30.0 Å². The number of carbonyl (C=O) groups is 1. The first kappa shape index (κ1) is 16.2. The van der Waals surface area contributed by atoms with Crippen LogP contribution in [0, 0.1) is 0 Å². The molecule has 136 valence electrons. The maximum Gasteiger partial charge on any atom is 0.227 e. The molecule has 1 fully saturated rings. The number of hydrogen-bond acceptors (Lipinski definition) is 1. The molecular weight excluding hydrogens is 334 g/mol. The molecule has 0 spiro atoms. The predicted octanol–water partition coefficient (Wildman–Crippen LogP) is 4.60. The van der Waals surface area contributed by atoms with Crippen molar-refractivity contribution in [3.05, 3.63) is 72.1 Å². The first-order valence-electron chi connectivity index (χ1n) is 9.68. The second kappa shape index (κ2) is 6.62. The van der Waals surface area contributed by atoms with Crippen LogP contribution in [0.2, 0.25) is 0 Å². The summed E-state index contributed by atoms with van der Waals surface area (Å²) < 4.78 is 0. The van der Waals surface area contributed by atoms with E-state index < -0.39 is 0 Å². The number of nitrogens with zero attached hydrogens (tertiary/aromatic N) is 1. The molecule has 4 nitrogen and oxygen atoms in total. The molecule has 0 bridgehead atoms. The van der Waals surface area contributed by atoms with E-state index in [-0.39, 0.29) is 5.91 Å². The first-order chi connectivity index (χ1) is 13.3. The van der Waals surface area contributed by atoms with E-state index in [1.807, 2.05) is 23.2 Å². The van der Waals surface area contributed by atoms with Gasteiger partial charge in [-0.05, 0) is 42.0 Å². The van der Waals surface area contributed by atoms with Crippen LogP contribution in [-0.4, -0.2) is 33.9 Å². The van der Waals surface area contributed by atoms with E-state index in [0.717, 1.165) is 42.4 Å². The fraction of sp³-hybridized carbons (Fsp3) is 0.261. The minimum Gasteiger partial charge on any atom is -0.361 e. The second-order valence-corrected chi connectivity index (χ2v) is 7.50. The van der Waals surface area contributed by atoms with Crippen molar-refractivity contribution in [3.63, 3.8) is 0 Å². The van der Waals surface area contributed by atoms with Gasteiger partial charge in [0.25, 0.3) is 0 Å². The molecule has 3 heterocycles. The van der Waals surface area contributed by atoms with Crippen molar-refractivity contribution in [2.24, 2.45) is 0 Å². The lowest BCUT2D eigenvalue weighted by Gasteiger charge is -2.31. The van der Waals surface area contributed by atoms with E-state index in [1.165, 1.54) is 16.6 Å². The number of fused-ring (bicyclic) bond motifs is 2. The maximum atomic E-state index is 12.8. The summed E-state index contributed by atoms with van der Waals surface area (Å²) in [5.41, 5.74) is 4.69. The number of carbonyl (C=O) groups excluding carboxylic acids is 1. The molecule has 0 saturated carbocycles. The Morgan fingerprint density at radius 2 is 1.74 bits per heavy atom. The molecule has 0 aliphatic carbocycles. The fourth-order valence-electron chi connectivity index (χ4n) is 4.31. The number of H-pyrrole nitrogens is 2. The highest BCUT2D eigenvalue weighted by molar-refractivity contribution is 5.89. The lowest BCUT2D eigenvalue weighted by atomic mass is 9.93. The molecule has 2 N–H and O–H groups in total. The summed E-state index contributed by atoms with van der Waals surface area (Å²) in [5.74, 6) is 0.740. The number of aromatic nitrogens is 2. The lowest BCUT2D eigenvalue weighted by Crippen LogP contribution is -2.38. The molecule has 4 aromatic rings. The van der Waals surface area contributed by atoms with Crippen molar-refractivity contribution < 1.29 is 4.79 Å². The van der Waals surface area contributed by atoms with Crippen molar-refractivity contribution in [2.75, 3.05) is 13.1 Å². The van der Waals surface area contributed by atoms with Gasteiger partial charge in [0, 0.05) is 47.3 Å². The van der Waals surface area contributed by atoms with Gasteiger partial charge in [-0.15, -0.1) is 0 Å². The Morgan fingerprint density at radius 3 is 2.56 bits per heavy atom. The second-order valence-electron chi connectivity index (χ2n) is 7.50. The van der Waals surface area contributed by atoms with Gasteiger partial charge in [-0.3, -0.25) is 4.79 Å². The number of rotatable bonds is 3. The summed E-state index contributed by atoms with van der Waals surface area (Å²) >= 11 is 0. The van der Waals surface area contributed by atoms with Gasteiger partial charge in [0.2, 0.25) is 5.91 Å². The van der Waals surface area contributed by atoms with Crippen molar-refractivity contribution in [3.8, 4) is 0 Å². The maximum absolute atomic E-state index is 12.8. The Labute approximate surface area is 158 Å². The van der Waals surface area contributed by atoms with E-state index in [2.05, 4.69) is 52.4 Å². The molecule has 0 radical (unpaired) electrons. The van der Waals surface area contributed by atoms with Gasteiger partial charge in [-0.1, -0.05) is 36.4 Å². The monoisotopic (exact) mass is 357 g/mol. The van der Waals surface area contributed by atoms with Gasteiger partial charge in [-0.2, -0.15) is 0 Å². The molecule has 2 aromatic carbocycles. The molecule has 1 aliphatic rings. The van der Waals surface area contributed by atoms with Gasteiger partial charge >= 0.3 is 0 Å². The highest BCUT2D eigenvalue weighted by atomic mass is 16.2. The van der Waals surface area contributed by atoms with Crippen molar-refractivity contribution in [1.82, 2.24) is 14.9 Å². The topological polar surface area (TPSA) is 51.9 Å². The molecular formula is C23H23N3O. The van der Waals surface area contributed by atoms with Crippen LogP contribution in [0.15, 0.2) is 60.8 Å². The zero-order valence-corrected chi connectivity index (χ0v) is 15.2. The smallest absolute Gasteiger partial charge is 0.227 e. The van der Waals surface area contributed by atoms with Crippen LogP contribution in [0.4, 0.5) is 0 Å². The highest BCUT2D eigenvalue weighted by Crippen LogP contribution is 2.30. The van der Waals surface area contributed by atoms with Crippen LogP contribution in [0.25, 0.3) is 21.8 Å². The molecule has 4 heteroatoms. The Balaban J connectivity index is 1.25. The van der Waals surface area contributed by atoms with Crippen molar-refractivity contribution >= 4 is 27.7 Å². The summed E-state index contributed by atoms with van der Waals surface area (Å²) in [6, 6.07) is 18.8. The fourth-order valence-corrected chi connectivity index (χ4v) is 4.31. The molecule has 0 unspecified atom stereocenters. The molecule has 5 rings (SSSR count). The normalized spacial score (nSPS) is 15.6. The molecule has 1 aliphatic heterocycles. The van der Waals surface area contributed by atoms with Gasteiger partial charge in [0.05, 0.1) is 6.42 Å². The van der Waals surface area contributed by atoms with Crippen LogP contribution < -0.4 is 0 Å². The summed E-state index contributed by atoms with van der Waals surface area (Å²) in [5, 5.41) is 2.42. The highest BCUT2D eigenvalue weighted by Gasteiger charge is 2.25. The minimum atomic E-state index is 0.231. The van der Waals surface area contributed by atoms with Gasteiger partial charge in [0.1, 0.15) is 0 Å². The summed E-state index contributed by atoms with van der Waals surface area (Å²) in [7, 11) is 0. The summed E-state index contributed by atoms with van der Waals surface area (Å²) in [4.78, 5) is 21.6. The Kier molecular flexibility index (Phi) is 3.97. The Morgan fingerprint density at radius 1 is 1.00 bits per heavy atom. The van der Waals surface area contributed by atoms with E-state index in [9.17, 15) is 4.79 Å². The zero-order valence-electron chi connectivity index (χ0n) is 15.2. The van der Waals surface area contributed by atoms with Crippen LogP contribution >= 0.6 is 0 Å². The minimum absolute atomic E-state index is 0.231. The third kappa shape index (κ3) is 3.01. The Bertz CT molecular complexity index is 1070. The quantitative estimate of drug-likeness (QED) is 0.553. The number of para-hydroxylation sites is 2. The van der Waals surface area contributed by atoms with Gasteiger partial charge in [0.15, 0.2) is 0 Å². The number of hydrogen-bond donors (Lipinski definition) is 2. The molecule has 2 aromatic heterocycles. The zero-order chi connectivity index (χ0) is 18.2. The third-order valence-electron chi connectivity index (χ3n) is 5.85. The number of amides is 1. The van der Waals surface area contributed by atoms with E-state index in [4.69, 9.17) is 0 Å².